The van der Waals surface area contributed by atoms with Gasteiger partial charge in [0.15, 0.2) is 0 Å². The lowest BCUT2D eigenvalue weighted by atomic mass is 10.1. The van der Waals surface area contributed by atoms with Gasteiger partial charge in [0, 0.05) is 18.9 Å². The standard InChI is InChI=1S/C7H9N3O2/c11-7(12)5-3-8-6-1-2-9-10(6)4-5/h2-3,5-6H,1,4H2,(H,11,12). The van der Waals surface area contributed by atoms with E-state index in [1.807, 2.05) is 0 Å². The third-order valence-corrected chi connectivity index (χ3v) is 2.03. The highest BCUT2D eigenvalue weighted by atomic mass is 16.4. The van der Waals surface area contributed by atoms with Crippen molar-refractivity contribution in [3.63, 3.8) is 0 Å². The first-order valence-corrected chi connectivity index (χ1v) is 3.82. The summed E-state index contributed by atoms with van der Waals surface area (Å²) in [4.78, 5) is 14.7. The van der Waals surface area contributed by atoms with E-state index in [1.165, 1.54) is 6.21 Å². The van der Waals surface area contributed by atoms with Gasteiger partial charge in [-0.1, -0.05) is 0 Å². The molecule has 0 fully saturated rings. The van der Waals surface area contributed by atoms with Crippen molar-refractivity contribution in [2.75, 3.05) is 6.54 Å². The summed E-state index contributed by atoms with van der Waals surface area (Å²) in [6.45, 7) is 0.444. The first-order valence-electron chi connectivity index (χ1n) is 3.82. The maximum atomic E-state index is 10.6. The van der Waals surface area contributed by atoms with E-state index in [1.54, 1.807) is 11.2 Å². The number of hydrazone groups is 1. The Balaban J connectivity index is 2.12. The smallest absolute Gasteiger partial charge is 0.313 e. The van der Waals surface area contributed by atoms with Gasteiger partial charge in [-0.15, -0.1) is 0 Å². The van der Waals surface area contributed by atoms with Crippen LogP contribution in [0.1, 0.15) is 6.42 Å². The molecule has 0 bridgehead atoms. The molecule has 0 aromatic rings. The molecule has 0 spiro atoms. The maximum absolute atomic E-state index is 10.6. The van der Waals surface area contributed by atoms with Crippen LogP contribution in [-0.4, -0.2) is 41.2 Å². The Bertz CT molecular complexity index is 261. The van der Waals surface area contributed by atoms with Crippen LogP contribution in [0.4, 0.5) is 0 Å². The molecule has 2 rings (SSSR count). The Hall–Kier alpha value is -1.39. The first kappa shape index (κ1) is 7.27. The molecule has 2 aliphatic heterocycles. The lowest BCUT2D eigenvalue weighted by Crippen LogP contribution is -2.38. The van der Waals surface area contributed by atoms with E-state index < -0.39 is 11.9 Å². The summed E-state index contributed by atoms with van der Waals surface area (Å²) in [5.74, 6) is -1.34. The molecule has 12 heavy (non-hydrogen) atoms. The van der Waals surface area contributed by atoms with Crippen LogP contribution in [0.2, 0.25) is 0 Å². The number of fused-ring (bicyclic) bond motifs is 1. The molecule has 2 heterocycles. The molecule has 2 aliphatic rings. The van der Waals surface area contributed by atoms with E-state index in [4.69, 9.17) is 5.11 Å². The average Bonchev–Trinajstić information content (AvgIpc) is 2.49. The molecule has 0 amide bonds. The van der Waals surface area contributed by atoms with Gasteiger partial charge in [0.2, 0.25) is 0 Å². The van der Waals surface area contributed by atoms with Gasteiger partial charge >= 0.3 is 5.97 Å². The summed E-state index contributed by atoms with van der Waals surface area (Å²) in [6.07, 6.45) is 4.13. The van der Waals surface area contributed by atoms with Crippen LogP contribution < -0.4 is 0 Å². The molecule has 5 nitrogen and oxygen atoms in total. The summed E-state index contributed by atoms with van der Waals surface area (Å²) in [7, 11) is 0. The SMILES string of the molecule is O=C(O)C1C=NC2CC=NN2C1. The molecule has 0 saturated carbocycles. The van der Waals surface area contributed by atoms with Gasteiger partial charge in [-0.2, -0.15) is 5.10 Å². The molecule has 0 aromatic carbocycles. The Morgan fingerprint density at radius 1 is 1.67 bits per heavy atom. The van der Waals surface area contributed by atoms with Crippen LogP contribution in [0.3, 0.4) is 0 Å². The predicted molar refractivity (Wildman–Crippen MR) is 43.2 cm³/mol. The second-order valence-corrected chi connectivity index (χ2v) is 2.88. The highest BCUT2D eigenvalue weighted by Gasteiger charge is 2.29. The van der Waals surface area contributed by atoms with Gasteiger partial charge in [-0.05, 0) is 0 Å². The first-order chi connectivity index (χ1) is 5.77. The van der Waals surface area contributed by atoms with Crippen LogP contribution in [0.5, 0.6) is 0 Å². The summed E-state index contributed by atoms with van der Waals surface area (Å²) < 4.78 is 0. The van der Waals surface area contributed by atoms with E-state index in [-0.39, 0.29) is 6.17 Å². The monoisotopic (exact) mass is 167 g/mol. The van der Waals surface area contributed by atoms with E-state index in [2.05, 4.69) is 10.1 Å². The van der Waals surface area contributed by atoms with Gasteiger partial charge in [-0.25, -0.2) is 0 Å². The second-order valence-electron chi connectivity index (χ2n) is 2.88. The Morgan fingerprint density at radius 2 is 2.50 bits per heavy atom. The van der Waals surface area contributed by atoms with Crippen LogP contribution in [0.25, 0.3) is 0 Å². The fraction of sp³-hybridized carbons (Fsp3) is 0.571. The molecular formula is C7H9N3O2. The molecule has 64 valence electrons. The van der Waals surface area contributed by atoms with Crippen molar-refractivity contribution in [3.05, 3.63) is 0 Å². The summed E-state index contributed by atoms with van der Waals surface area (Å²) in [6, 6.07) is 0. The number of nitrogens with zero attached hydrogens (tertiary/aromatic N) is 3. The molecule has 0 radical (unpaired) electrons. The minimum absolute atomic E-state index is 0.0561. The highest BCUT2D eigenvalue weighted by molar-refractivity contribution is 5.89. The zero-order valence-corrected chi connectivity index (χ0v) is 6.42. The van der Waals surface area contributed by atoms with Gasteiger partial charge in [0.1, 0.15) is 12.1 Å². The Morgan fingerprint density at radius 3 is 3.25 bits per heavy atom. The number of carboxylic acid groups (broad SMARTS) is 1. The van der Waals surface area contributed by atoms with Crippen molar-refractivity contribution in [3.8, 4) is 0 Å². The largest absolute Gasteiger partial charge is 0.481 e. The number of rotatable bonds is 1. The third-order valence-electron chi connectivity index (χ3n) is 2.03. The molecule has 0 aliphatic carbocycles. The Labute approximate surface area is 69.4 Å². The molecule has 2 unspecified atom stereocenters. The highest BCUT2D eigenvalue weighted by Crippen LogP contribution is 2.18. The van der Waals surface area contributed by atoms with Gasteiger partial charge < -0.3 is 5.11 Å². The van der Waals surface area contributed by atoms with Gasteiger partial charge in [0.05, 0.1) is 6.54 Å². The fourth-order valence-electron chi connectivity index (χ4n) is 1.35. The van der Waals surface area contributed by atoms with Crippen LogP contribution in [-0.2, 0) is 4.79 Å². The van der Waals surface area contributed by atoms with E-state index in [9.17, 15) is 4.79 Å². The zero-order valence-electron chi connectivity index (χ0n) is 6.42. The summed E-state index contributed by atoms with van der Waals surface area (Å²) in [5, 5.41) is 14.4. The average molecular weight is 167 g/mol. The molecular weight excluding hydrogens is 158 g/mol. The molecule has 0 aromatic heterocycles. The minimum atomic E-state index is -0.834. The van der Waals surface area contributed by atoms with Crippen molar-refractivity contribution < 1.29 is 9.90 Å². The Kier molecular flexibility index (Phi) is 1.56. The van der Waals surface area contributed by atoms with E-state index in [0.29, 0.717) is 6.54 Å². The minimum Gasteiger partial charge on any atom is -0.481 e. The molecule has 1 N–H and O–H groups in total. The number of carbonyl (C=O) groups is 1. The third kappa shape index (κ3) is 1.07. The number of aliphatic imine (C=N–C) groups is 1. The molecule has 0 saturated heterocycles. The van der Waals surface area contributed by atoms with E-state index in [0.717, 1.165) is 6.42 Å². The predicted octanol–water partition coefficient (Wildman–Crippen LogP) is -0.211. The van der Waals surface area contributed by atoms with Crippen molar-refractivity contribution in [2.24, 2.45) is 16.0 Å². The van der Waals surface area contributed by atoms with Crippen molar-refractivity contribution in [1.82, 2.24) is 5.01 Å². The summed E-state index contributed by atoms with van der Waals surface area (Å²) in [5.41, 5.74) is 0. The van der Waals surface area contributed by atoms with Crippen LogP contribution in [0, 0.1) is 5.92 Å². The van der Waals surface area contributed by atoms with Gasteiger partial charge in [0.25, 0.3) is 0 Å². The zero-order chi connectivity index (χ0) is 8.55. The summed E-state index contributed by atoms with van der Waals surface area (Å²) >= 11 is 0. The lowest BCUT2D eigenvalue weighted by Gasteiger charge is -2.26. The second kappa shape index (κ2) is 2.58. The van der Waals surface area contributed by atoms with Crippen molar-refractivity contribution in [2.45, 2.75) is 12.6 Å². The fourth-order valence-corrected chi connectivity index (χ4v) is 1.35. The topological polar surface area (TPSA) is 65.3 Å². The number of hydrogen-bond donors (Lipinski definition) is 1. The van der Waals surface area contributed by atoms with Gasteiger partial charge in [-0.3, -0.25) is 14.8 Å². The normalized spacial score (nSPS) is 32.2. The quantitative estimate of drug-likeness (QED) is 0.587. The molecule has 2 atom stereocenters. The van der Waals surface area contributed by atoms with Crippen LogP contribution in [0.15, 0.2) is 10.1 Å². The van der Waals surface area contributed by atoms with Crippen LogP contribution >= 0.6 is 0 Å². The molecule has 5 heteroatoms. The van der Waals surface area contributed by atoms with E-state index >= 15 is 0 Å². The van der Waals surface area contributed by atoms with Crippen molar-refractivity contribution in [1.29, 1.82) is 0 Å². The number of carboxylic acids is 1. The lowest BCUT2D eigenvalue weighted by molar-refractivity contribution is -0.140. The maximum Gasteiger partial charge on any atom is 0.313 e. The van der Waals surface area contributed by atoms with Crippen molar-refractivity contribution >= 4 is 18.4 Å². The number of hydrogen-bond acceptors (Lipinski definition) is 4. The number of aliphatic carboxylic acids is 1.